The van der Waals surface area contributed by atoms with Crippen molar-refractivity contribution in [3.63, 3.8) is 0 Å². The number of rotatable bonds is 15. The number of hydrogen-bond donors (Lipinski definition) is 1. The number of nitrogens with zero attached hydrogens (tertiary/aromatic N) is 1. The van der Waals surface area contributed by atoms with Crippen molar-refractivity contribution in [2.45, 2.75) is 65.6 Å². The SMILES string of the molecule is CCC[C@@]1(CN)C[C@@H]1COCc1ccccc1.CCC[C@@]1(CN2C(=O)c3ccccc3C2=O)C[C@@H]1COCc1ccccc1. The molecule has 2 saturated carbocycles. The smallest absolute Gasteiger partial charge is 0.261 e. The molecule has 234 valence electrons. The molecule has 6 rings (SSSR count). The molecule has 1 aliphatic heterocycles. The van der Waals surface area contributed by atoms with E-state index in [0.29, 0.717) is 48.1 Å². The van der Waals surface area contributed by atoms with Gasteiger partial charge in [0.25, 0.3) is 11.8 Å². The lowest BCUT2D eigenvalue weighted by molar-refractivity contribution is 0.0581. The molecule has 3 aromatic carbocycles. The molecule has 6 nitrogen and oxygen atoms in total. The van der Waals surface area contributed by atoms with Crippen LogP contribution in [0.4, 0.5) is 0 Å². The Balaban J connectivity index is 0.000000195. The first-order valence-electron chi connectivity index (χ1n) is 16.3. The fraction of sp³-hybridized carbons (Fsp3) is 0.474. The third-order valence-electron chi connectivity index (χ3n) is 9.83. The summed E-state index contributed by atoms with van der Waals surface area (Å²) in [6, 6.07) is 27.6. The van der Waals surface area contributed by atoms with Gasteiger partial charge in [-0.2, -0.15) is 0 Å². The summed E-state index contributed by atoms with van der Waals surface area (Å²) in [7, 11) is 0. The summed E-state index contributed by atoms with van der Waals surface area (Å²) in [6.07, 6.45) is 6.81. The van der Waals surface area contributed by atoms with E-state index in [9.17, 15) is 9.59 Å². The molecule has 0 bridgehead atoms. The molecule has 0 radical (unpaired) electrons. The van der Waals surface area contributed by atoms with Gasteiger partial charge in [-0.3, -0.25) is 14.5 Å². The van der Waals surface area contributed by atoms with Crippen LogP contribution in [0.5, 0.6) is 0 Å². The number of fused-ring (bicyclic) bond motifs is 1. The van der Waals surface area contributed by atoms with Gasteiger partial charge in [-0.05, 0) is 78.2 Å². The first-order chi connectivity index (χ1) is 21.4. The number of amides is 2. The Morgan fingerprint density at radius 1 is 0.682 bits per heavy atom. The first kappa shape index (κ1) is 32.1. The van der Waals surface area contributed by atoms with Gasteiger partial charge >= 0.3 is 0 Å². The zero-order chi connectivity index (χ0) is 31.0. The summed E-state index contributed by atoms with van der Waals surface area (Å²) in [5.41, 5.74) is 9.78. The van der Waals surface area contributed by atoms with Crippen LogP contribution in [0.15, 0.2) is 84.9 Å². The molecule has 6 heteroatoms. The summed E-state index contributed by atoms with van der Waals surface area (Å²) in [6.45, 7) is 8.59. The molecule has 2 aliphatic carbocycles. The number of benzene rings is 3. The van der Waals surface area contributed by atoms with Gasteiger partial charge in [0.05, 0.1) is 37.6 Å². The molecule has 1 heterocycles. The van der Waals surface area contributed by atoms with Crippen molar-refractivity contribution in [1.29, 1.82) is 0 Å². The van der Waals surface area contributed by atoms with E-state index in [1.54, 1.807) is 12.1 Å². The third kappa shape index (κ3) is 7.48. The molecule has 0 unspecified atom stereocenters. The molecule has 4 atom stereocenters. The minimum Gasteiger partial charge on any atom is -0.376 e. The lowest BCUT2D eigenvalue weighted by Crippen LogP contribution is -2.36. The van der Waals surface area contributed by atoms with E-state index < -0.39 is 0 Å². The van der Waals surface area contributed by atoms with Crippen molar-refractivity contribution in [2.24, 2.45) is 28.4 Å². The first-order valence-corrected chi connectivity index (χ1v) is 16.3. The standard InChI is InChI=1S/C23H25NO3.C15H23NO/c1-2-12-23(13-18(23)15-27-14-17-8-4-3-5-9-17)16-24-21(25)19-10-6-7-11-20(19)22(24)26;1-2-8-15(12-16)9-14(15)11-17-10-13-6-4-3-5-7-13/h3-11,18H,2,12-16H2,1H3;3-7,14H,2,8-12,16H2,1H3/t18-,23+;14-,15+/m11/s1. The van der Waals surface area contributed by atoms with Gasteiger partial charge in [-0.25, -0.2) is 0 Å². The average Bonchev–Trinajstić information content (AvgIpc) is 3.93. The zero-order valence-corrected chi connectivity index (χ0v) is 26.4. The summed E-state index contributed by atoms with van der Waals surface area (Å²) >= 11 is 0. The van der Waals surface area contributed by atoms with Gasteiger partial charge in [0.1, 0.15) is 0 Å². The quantitative estimate of drug-likeness (QED) is 0.187. The molecular formula is C38H48N2O4. The van der Waals surface area contributed by atoms with Gasteiger partial charge in [0.15, 0.2) is 0 Å². The number of carbonyl (C=O) groups excluding carboxylic acids is 2. The van der Waals surface area contributed by atoms with E-state index in [1.807, 2.05) is 36.4 Å². The number of ether oxygens (including phenoxy) is 2. The Labute approximate surface area is 262 Å². The van der Waals surface area contributed by atoms with Crippen molar-refractivity contribution < 1.29 is 19.1 Å². The van der Waals surface area contributed by atoms with E-state index in [0.717, 1.165) is 39.0 Å². The van der Waals surface area contributed by atoms with E-state index in [1.165, 1.54) is 35.3 Å². The average molecular weight is 597 g/mol. The van der Waals surface area contributed by atoms with E-state index in [-0.39, 0.29) is 17.2 Å². The van der Waals surface area contributed by atoms with Crippen molar-refractivity contribution in [3.05, 3.63) is 107 Å². The fourth-order valence-corrected chi connectivity index (χ4v) is 7.05. The van der Waals surface area contributed by atoms with Gasteiger partial charge in [-0.1, -0.05) is 99.5 Å². The Morgan fingerprint density at radius 3 is 1.59 bits per heavy atom. The summed E-state index contributed by atoms with van der Waals surface area (Å²) in [4.78, 5) is 26.8. The molecule has 44 heavy (non-hydrogen) atoms. The highest BCUT2D eigenvalue weighted by atomic mass is 16.5. The second-order valence-electron chi connectivity index (χ2n) is 13.0. The zero-order valence-electron chi connectivity index (χ0n) is 26.4. The third-order valence-corrected chi connectivity index (χ3v) is 9.83. The van der Waals surface area contributed by atoms with Crippen LogP contribution in [-0.4, -0.2) is 43.0 Å². The van der Waals surface area contributed by atoms with Gasteiger partial charge < -0.3 is 15.2 Å². The Morgan fingerprint density at radius 2 is 1.11 bits per heavy atom. The molecular weight excluding hydrogens is 548 g/mol. The van der Waals surface area contributed by atoms with Crippen molar-refractivity contribution in [2.75, 3.05) is 26.3 Å². The molecule has 2 fully saturated rings. The molecule has 3 aliphatic rings. The summed E-state index contributed by atoms with van der Waals surface area (Å²) in [5, 5.41) is 0. The molecule has 2 amide bonds. The Hall–Kier alpha value is -3.32. The van der Waals surface area contributed by atoms with E-state index >= 15 is 0 Å². The fourth-order valence-electron chi connectivity index (χ4n) is 7.05. The van der Waals surface area contributed by atoms with Crippen molar-refractivity contribution in [3.8, 4) is 0 Å². The van der Waals surface area contributed by atoms with Crippen LogP contribution in [0.25, 0.3) is 0 Å². The molecule has 0 spiro atoms. The number of carbonyl (C=O) groups is 2. The molecule has 0 aromatic heterocycles. The van der Waals surface area contributed by atoms with E-state index in [4.69, 9.17) is 15.2 Å². The molecule has 0 saturated heterocycles. The van der Waals surface area contributed by atoms with Crippen LogP contribution < -0.4 is 5.73 Å². The number of imide groups is 1. The maximum absolute atomic E-state index is 12.7. The van der Waals surface area contributed by atoms with Crippen LogP contribution in [0, 0.1) is 22.7 Å². The van der Waals surface area contributed by atoms with Crippen LogP contribution >= 0.6 is 0 Å². The highest BCUT2D eigenvalue weighted by molar-refractivity contribution is 6.21. The van der Waals surface area contributed by atoms with Crippen LogP contribution in [0.3, 0.4) is 0 Å². The van der Waals surface area contributed by atoms with Crippen molar-refractivity contribution >= 4 is 11.8 Å². The van der Waals surface area contributed by atoms with Crippen molar-refractivity contribution in [1.82, 2.24) is 4.90 Å². The normalized spacial score (nSPS) is 24.9. The van der Waals surface area contributed by atoms with E-state index in [2.05, 4.69) is 50.2 Å². The highest BCUT2D eigenvalue weighted by Gasteiger charge is 2.56. The minimum atomic E-state index is -0.151. The summed E-state index contributed by atoms with van der Waals surface area (Å²) in [5.74, 6) is 0.797. The lowest BCUT2D eigenvalue weighted by Gasteiger charge is -2.23. The Bertz CT molecular complexity index is 1340. The topological polar surface area (TPSA) is 81.9 Å². The minimum absolute atomic E-state index is 0.0127. The Kier molecular flexibility index (Phi) is 10.7. The predicted octanol–water partition coefficient (Wildman–Crippen LogP) is 7.27. The maximum atomic E-state index is 12.7. The molecule has 2 N–H and O–H groups in total. The number of nitrogens with two attached hydrogens (primary N) is 1. The van der Waals surface area contributed by atoms with Crippen LogP contribution in [0.2, 0.25) is 0 Å². The maximum Gasteiger partial charge on any atom is 0.261 e. The van der Waals surface area contributed by atoms with Gasteiger partial charge in [0.2, 0.25) is 0 Å². The monoisotopic (exact) mass is 596 g/mol. The number of hydrogen-bond acceptors (Lipinski definition) is 5. The second-order valence-corrected chi connectivity index (χ2v) is 13.0. The van der Waals surface area contributed by atoms with Gasteiger partial charge in [-0.15, -0.1) is 0 Å². The summed E-state index contributed by atoms with van der Waals surface area (Å²) < 4.78 is 11.7. The highest BCUT2D eigenvalue weighted by Crippen LogP contribution is 2.57. The lowest BCUT2D eigenvalue weighted by atomic mass is 9.96. The predicted molar refractivity (Wildman–Crippen MR) is 174 cm³/mol. The van der Waals surface area contributed by atoms with Crippen LogP contribution in [0.1, 0.15) is 84.2 Å². The largest absolute Gasteiger partial charge is 0.376 e. The van der Waals surface area contributed by atoms with Gasteiger partial charge in [0, 0.05) is 6.54 Å². The van der Waals surface area contributed by atoms with Crippen LogP contribution in [-0.2, 0) is 22.7 Å². The molecule has 3 aromatic rings. The second kappa shape index (κ2) is 14.6.